The molecular weight excluding hydrogens is 432 g/mol. The predicted molar refractivity (Wildman–Crippen MR) is 120 cm³/mol. The molecule has 3 aromatic rings. The van der Waals surface area contributed by atoms with E-state index in [-0.39, 0.29) is 0 Å². The summed E-state index contributed by atoms with van der Waals surface area (Å²) >= 11 is 8.06. The number of hydrogen-bond donors (Lipinski definition) is 0. The van der Waals surface area contributed by atoms with Gasteiger partial charge in [-0.25, -0.2) is 9.97 Å². The van der Waals surface area contributed by atoms with Gasteiger partial charge >= 0.3 is 0 Å². The lowest BCUT2D eigenvalue weighted by Crippen LogP contribution is -2.41. The molecule has 0 N–H and O–H groups in total. The number of rotatable bonds is 4. The Kier molecular flexibility index (Phi) is 5.77. The van der Waals surface area contributed by atoms with Crippen LogP contribution in [0.2, 0.25) is 5.02 Å². The van der Waals surface area contributed by atoms with Crippen LogP contribution in [0.4, 0.5) is 5.82 Å². The highest BCUT2D eigenvalue weighted by Gasteiger charge is 2.41. The predicted octanol–water partition coefficient (Wildman–Crippen LogP) is 4.53. The average Bonchev–Trinajstić information content (AvgIpc) is 3.17. The first-order valence-electron chi connectivity index (χ1n) is 10.4. The summed E-state index contributed by atoms with van der Waals surface area (Å²) in [6.07, 6.45) is 14.1. The highest BCUT2D eigenvalue weighted by Crippen LogP contribution is 2.42. The van der Waals surface area contributed by atoms with Crippen LogP contribution in [0, 0.1) is 5.41 Å². The van der Waals surface area contributed by atoms with Crippen LogP contribution in [0.1, 0.15) is 26.2 Å². The van der Waals surface area contributed by atoms with Crippen LogP contribution in [0.3, 0.4) is 0 Å². The maximum Gasteiger partial charge on any atom is 0.147 e. The fourth-order valence-corrected chi connectivity index (χ4v) is 5.42. The topological polar surface area (TPSA) is 76.9 Å². The van der Waals surface area contributed by atoms with E-state index in [1.165, 1.54) is 18.2 Å². The van der Waals surface area contributed by atoms with Crippen LogP contribution >= 0.6 is 23.4 Å². The molecule has 0 saturated carbocycles. The van der Waals surface area contributed by atoms with Crippen molar-refractivity contribution in [2.24, 2.45) is 5.41 Å². The first-order chi connectivity index (χ1) is 15.1. The van der Waals surface area contributed by atoms with Crippen molar-refractivity contribution in [1.82, 2.24) is 24.9 Å². The van der Waals surface area contributed by atoms with Gasteiger partial charge in [0.15, 0.2) is 0 Å². The van der Waals surface area contributed by atoms with Gasteiger partial charge in [0.1, 0.15) is 22.2 Å². The summed E-state index contributed by atoms with van der Waals surface area (Å²) in [5.41, 5.74) is 1.61. The third-order valence-corrected chi connectivity index (χ3v) is 7.51. The van der Waals surface area contributed by atoms with E-state index in [0.29, 0.717) is 27.9 Å². The van der Waals surface area contributed by atoms with Crippen molar-refractivity contribution >= 4 is 29.2 Å². The Labute approximate surface area is 190 Å². The molecule has 160 valence electrons. The fourth-order valence-electron chi connectivity index (χ4n) is 4.35. The Morgan fingerprint density at radius 3 is 2.61 bits per heavy atom. The zero-order valence-corrected chi connectivity index (χ0v) is 18.8. The minimum Gasteiger partial charge on any atom is -0.378 e. The molecule has 0 unspecified atom stereocenters. The molecule has 0 aromatic carbocycles. The van der Waals surface area contributed by atoms with Crippen molar-refractivity contribution in [2.45, 2.75) is 42.2 Å². The molecule has 0 aliphatic carbocycles. The summed E-state index contributed by atoms with van der Waals surface area (Å²) in [5.74, 6) is 0.923. The highest BCUT2D eigenvalue weighted by molar-refractivity contribution is 7.99. The van der Waals surface area contributed by atoms with Gasteiger partial charge in [0.05, 0.1) is 36.3 Å². The minimum absolute atomic E-state index is 0.359. The van der Waals surface area contributed by atoms with Gasteiger partial charge in [0, 0.05) is 36.6 Å². The Hall–Kier alpha value is -2.29. The van der Waals surface area contributed by atoms with Crippen molar-refractivity contribution in [3.05, 3.63) is 48.3 Å². The molecule has 1 atom stereocenters. The van der Waals surface area contributed by atoms with E-state index in [2.05, 4.69) is 36.7 Å². The standard InChI is InChI=1S/C22H23ClN6OS/c1-15-10-22(14-30-15)3-8-29(9-4-22)18-12-28-19(13-27-18)31-17-2-5-26-21(20(17)23)16-11-24-6-7-25-16/h2,5-7,11-13,15H,3-4,8-10,14H2,1H3/t15-/m0/s1. The zero-order chi connectivity index (χ0) is 21.3. The summed E-state index contributed by atoms with van der Waals surface area (Å²) in [5, 5.41) is 1.32. The summed E-state index contributed by atoms with van der Waals surface area (Å²) in [4.78, 5) is 25.2. The molecule has 1 spiro atoms. The van der Waals surface area contributed by atoms with E-state index in [9.17, 15) is 0 Å². The minimum atomic E-state index is 0.359. The van der Waals surface area contributed by atoms with Gasteiger partial charge in [-0.15, -0.1) is 0 Å². The summed E-state index contributed by atoms with van der Waals surface area (Å²) in [6, 6.07) is 1.87. The van der Waals surface area contributed by atoms with E-state index in [1.807, 2.05) is 18.5 Å². The van der Waals surface area contributed by atoms with Crippen LogP contribution in [-0.2, 0) is 4.74 Å². The smallest absolute Gasteiger partial charge is 0.147 e. The number of ether oxygens (including phenoxy) is 1. The molecule has 2 aliphatic rings. The second-order valence-electron chi connectivity index (χ2n) is 8.19. The first-order valence-corrected chi connectivity index (χ1v) is 11.6. The molecule has 2 aliphatic heterocycles. The lowest BCUT2D eigenvalue weighted by molar-refractivity contribution is 0.0976. The number of pyridine rings is 1. The van der Waals surface area contributed by atoms with Crippen LogP contribution in [0.15, 0.2) is 53.2 Å². The average molecular weight is 455 g/mol. The second kappa shape index (κ2) is 8.68. The number of halogens is 1. The van der Waals surface area contributed by atoms with E-state index in [1.54, 1.807) is 24.8 Å². The Morgan fingerprint density at radius 1 is 1.06 bits per heavy atom. The molecule has 31 heavy (non-hydrogen) atoms. The van der Waals surface area contributed by atoms with Gasteiger partial charge < -0.3 is 9.64 Å². The molecular formula is C22H23ClN6OS. The van der Waals surface area contributed by atoms with Gasteiger partial charge in [0.2, 0.25) is 0 Å². The normalized spacial score (nSPS) is 20.3. The molecule has 0 radical (unpaired) electrons. The third-order valence-electron chi connectivity index (χ3n) is 6.03. The molecule has 9 heteroatoms. The van der Waals surface area contributed by atoms with Crippen molar-refractivity contribution < 1.29 is 4.74 Å². The molecule has 0 amide bonds. The first kappa shape index (κ1) is 20.6. The zero-order valence-electron chi connectivity index (χ0n) is 17.2. The van der Waals surface area contributed by atoms with E-state index >= 15 is 0 Å². The second-order valence-corrected chi connectivity index (χ2v) is 9.63. The lowest BCUT2D eigenvalue weighted by Gasteiger charge is -2.38. The number of piperidine rings is 1. The Morgan fingerprint density at radius 2 is 1.94 bits per heavy atom. The number of anilines is 1. The molecule has 7 nitrogen and oxygen atoms in total. The van der Waals surface area contributed by atoms with Crippen molar-refractivity contribution in [2.75, 3.05) is 24.6 Å². The lowest BCUT2D eigenvalue weighted by atomic mass is 9.77. The van der Waals surface area contributed by atoms with E-state index < -0.39 is 0 Å². The summed E-state index contributed by atoms with van der Waals surface area (Å²) in [6.45, 7) is 5.06. The molecule has 3 aromatic heterocycles. The van der Waals surface area contributed by atoms with Crippen LogP contribution in [0.25, 0.3) is 11.4 Å². The summed E-state index contributed by atoms with van der Waals surface area (Å²) < 4.78 is 5.83. The third kappa shape index (κ3) is 4.37. The van der Waals surface area contributed by atoms with E-state index in [4.69, 9.17) is 16.3 Å². The SMILES string of the molecule is C[C@H]1CC2(CCN(c3cnc(Sc4ccnc(-c5cnccn5)c4Cl)cn3)CC2)CO1. The van der Waals surface area contributed by atoms with E-state index in [0.717, 1.165) is 48.3 Å². The number of aromatic nitrogens is 5. The van der Waals surface area contributed by atoms with Crippen LogP contribution < -0.4 is 4.90 Å². The van der Waals surface area contributed by atoms with Crippen LogP contribution in [-0.4, -0.2) is 50.7 Å². The molecule has 5 rings (SSSR count). The molecule has 2 saturated heterocycles. The highest BCUT2D eigenvalue weighted by atomic mass is 35.5. The van der Waals surface area contributed by atoms with Gasteiger partial charge in [-0.05, 0) is 37.7 Å². The number of nitrogens with zero attached hydrogens (tertiary/aromatic N) is 6. The molecule has 0 bridgehead atoms. The van der Waals surface area contributed by atoms with Crippen LogP contribution in [0.5, 0.6) is 0 Å². The number of hydrogen-bond acceptors (Lipinski definition) is 8. The largest absolute Gasteiger partial charge is 0.378 e. The maximum absolute atomic E-state index is 6.60. The molecule has 2 fully saturated rings. The maximum atomic E-state index is 6.60. The fraction of sp³-hybridized carbons (Fsp3) is 0.409. The quantitative estimate of drug-likeness (QED) is 0.569. The molecule has 5 heterocycles. The van der Waals surface area contributed by atoms with Gasteiger partial charge in [-0.3, -0.25) is 15.0 Å². The van der Waals surface area contributed by atoms with Gasteiger partial charge in [-0.2, -0.15) is 0 Å². The summed E-state index contributed by atoms with van der Waals surface area (Å²) in [7, 11) is 0. The van der Waals surface area contributed by atoms with Crippen molar-refractivity contribution in [1.29, 1.82) is 0 Å². The monoisotopic (exact) mass is 454 g/mol. The van der Waals surface area contributed by atoms with Crippen molar-refractivity contribution in [3.8, 4) is 11.4 Å². The Bertz CT molecular complexity index is 1040. The Balaban J connectivity index is 1.26. The van der Waals surface area contributed by atoms with Crippen molar-refractivity contribution in [3.63, 3.8) is 0 Å². The van der Waals surface area contributed by atoms with Gasteiger partial charge in [0.25, 0.3) is 0 Å². The van der Waals surface area contributed by atoms with Gasteiger partial charge in [-0.1, -0.05) is 23.4 Å².